The molecule has 0 spiro atoms. The predicted octanol–water partition coefficient (Wildman–Crippen LogP) is 6.70. The molecule has 1 amide bonds. The number of nitrogens with zero attached hydrogens (tertiary/aromatic N) is 1. The highest BCUT2D eigenvalue weighted by atomic mass is 16.5. The molecule has 5 N–H and O–H groups in total. The van der Waals surface area contributed by atoms with Crippen LogP contribution >= 0.6 is 0 Å². The predicted molar refractivity (Wildman–Crippen MR) is 221 cm³/mol. The summed E-state index contributed by atoms with van der Waals surface area (Å²) in [6, 6.07) is 29.9. The van der Waals surface area contributed by atoms with Crippen LogP contribution in [0.3, 0.4) is 0 Å². The molecular weight excluding hydrogens is 709 g/mol. The van der Waals surface area contributed by atoms with E-state index in [4.69, 9.17) is 30.4 Å². The Kier molecular flexibility index (Phi) is 14.6. The smallest absolute Gasteiger partial charge is 0.328 e. The van der Waals surface area contributed by atoms with Crippen LogP contribution in [0, 0.1) is 5.92 Å². The summed E-state index contributed by atoms with van der Waals surface area (Å²) in [6.07, 6.45) is 4.04. The van der Waals surface area contributed by atoms with Gasteiger partial charge in [-0.05, 0) is 64.2 Å². The molecule has 0 saturated heterocycles. The van der Waals surface area contributed by atoms with Crippen molar-refractivity contribution >= 4 is 45.2 Å². The second-order valence-corrected chi connectivity index (χ2v) is 13.1. The first-order chi connectivity index (χ1) is 27.2. The molecule has 11 heteroatoms. The second-order valence-electron chi connectivity index (χ2n) is 13.1. The first kappa shape index (κ1) is 40.6. The summed E-state index contributed by atoms with van der Waals surface area (Å²) >= 11 is 0. The monoisotopic (exact) mass is 756 g/mol. The Morgan fingerprint density at radius 3 is 1.95 bits per heavy atom. The number of hydrogen-bond acceptors (Lipinski definition) is 8. The molecule has 5 rings (SSSR count). The maximum atomic E-state index is 13.9. The molecule has 56 heavy (non-hydrogen) atoms. The molecule has 2 atom stereocenters. The molecular formula is C45H48N4O7. The van der Waals surface area contributed by atoms with Gasteiger partial charge in [0.15, 0.2) is 11.7 Å². The van der Waals surface area contributed by atoms with E-state index in [9.17, 15) is 14.4 Å². The number of nitrogens with two attached hydrogens (primary N) is 2. The number of esters is 1. The number of amides is 1. The second kappa shape index (κ2) is 20.2. The van der Waals surface area contributed by atoms with Crippen molar-refractivity contribution in [3.05, 3.63) is 128 Å². The van der Waals surface area contributed by atoms with Crippen LogP contribution in [-0.2, 0) is 25.5 Å². The summed E-state index contributed by atoms with van der Waals surface area (Å²) in [6.45, 7) is 8.08. The fraction of sp³-hybridized carbons (Fsp3) is 0.244. The highest BCUT2D eigenvalue weighted by Gasteiger charge is 2.28. The van der Waals surface area contributed by atoms with Gasteiger partial charge < -0.3 is 35.7 Å². The molecule has 290 valence electrons. The largest absolute Gasteiger partial charge is 0.490 e. The lowest BCUT2D eigenvalue weighted by molar-refractivity contribution is -0.145. The number of rotatable bonds is 21. The molecule has 0 bridgehead atoms. The number of guanidine groups is 1. The number of benzene rings is 5. The summed E-state index contributed by atoms with van der Waals surface area (Å²) in [5.74, 6) is -0.514. The van der Waals surface area contributed by atoms with Gasteiger partial charge in [-0.25, -0.2) is 4.79 Å². The lowest BCUT2D eigenvalue weighted by Gasteiger charge is -2.22. The molecule has 0 unspecified atom stereocenters. The van der Waals surface area contributed by atoms with Crippen LogP contribution in [0.4, 0.5) is 0 Å². The van der Waals surface area contributed by atoms with Crippen molar-refractivity contribution in [2.75, 3.05) is 33.5 Å². The van der Waals surface area contributed by atoms with Gasteiger partial charge in [-0.2, -0.15) is 0 Å². The van der Waals surface area contributed by atoms with Crippen LogP contribution in [0.2, 0.25) is 0 Å². The summed E-state index contributed by atoms with van der Waals surface area (Å²) < 4.78 is 23.1. The molecule has 0 aromatic heterocycles. The Morgan fingerprint density at radius 1 is 0.768 bits per heavy atom. The Labute approximate surface area is 327 Å². The van der Waals surface area contributed by atoms with Crippen LogP contribution in [0.25, 0.3) is 32.7 Å². The van der Waals surface area contributed by atoms with Crippen molar-refractivity contribution in [2.45, 2.75) is 31.7 Å². The first-order valence-corrected chi connectivity index (χ1v) is 18.4. The average molecular weight is 757 g/mol. The Hall–Kier alpha value is -6.62. The van der Waals surface area contributed by atoms with Crippen molar-refractivity contribution in [3.63, 3.8) is 0 Å². The van der Waals surface area contributed by atoms with Gasteiger partial charge in [0, 0.05) is 36.4 Å². The van der Waals surface area contributed by atoms with Gasteiger partial charge in [-0.1, -0.05) is 98.1 Å². The number of aliphatic imine (C=N–C) groups is 1. The van der Waals surface area contributed by atoms with Crippen molar-refractivity contribution in [3.8, 4) is 28.4 Å². The number of hydrogen-bond donors (Lipinski definition) is 3. The van der Waals surface area contributed by atoms with Gasteiger partial charge in [0.05, 0.1) is 7.11 Å². The van der Waals surface area contributed by atoms with Crippen LogP contribution < -0.4 is 31.0 Å². The SMILES string of the molecule is C=CCOc1ccc(C[C@H](NC(=O)[C@@H](CCCN=C(N)N)CC(=O)COc2ccc3ccccc3c2-c2c(OCC=C)ccc3ccccc23)C(=O)OC)cc1. The van der Waals surface area contributed by atoms with Crippen LogP contribution in [0.5, 0.6) is 17.2 Å². The first-order valence-electron chi connectivity index (χ1n) is 18.4. The van der Waals surface area contributed by atoms with E-state index in [-0.39, 0.29) is 44.2 Å². The third-order valence-electron chi connectivity index (χ3n) is 9.16. The molecule has 0 aliphatic rings. The number of ketones is 1. The summed E-state index contributed by atoms with van der Waals surface area (Å²) in [5, 5.41) is 6.70. The van der Waals surface area contributed by atoms with Crippen LogP contribution in [0.15, 0.2) is 127 Å². The van der Waals surface area contributed by atoms with Crippen molar-refractivity contribution in [2.24, 2.45) is 22.4 Å². The number of Topliss-reactive ketones (excluding diaryl/α,β-unsaturated/α-hetero) is 1. The van der Waals surface area contributed by atoms with Gasteiger partial charge in [0.25, 0.3) is 0 Å². The molecule has 0 aliphatic heterocycles. The van der Waals surface area contributed by atoms with E-state index in [1.54, 1.807) is 24.3 Å². The summed E-state index contributed by atoms with van der Waals surface area (Å²) in [4.78, 5) is 44.5. The maximum absolute atomic E-state index is 13.9. The highest BCUT2D eigenvalue weighted by molar-refractivity contribution is 6.10. The van der Waals surface area contributed by atoms with Gasteiger partial charge in [-0.3, -0.25) is 14.6 Å². The van der Waals surface area contributed by atoms with Gasteiger partial charge in [0.2, 0.25) is 5.91 Å². The van der Waals surface area contributed by atoms with E-state index in [1.807, 2.05) is 84.9 Å². The summed E-state index contributed by atoms with van der Waals surface area (Å²) in [5.41, 5.74) is 13.4. The van der Waals surface area contributed by atoms with Crippen molar-refractivity contribution < 1.29 is 33.3 Å². The number of methoxy groups -OCH3 is 1. The number of nitrogens with one attached hydrogen (secondary N) is 1. The topological polar surface area (TPSA) is 165 Å². The van der Waals surface area contributed by atoms with E-state index in [0.717, 1.165) is 38.2 Å². The van der Waals surface area contributed by atoms with E-state index in [0.29, 0.717) is 36.9 Å². The minimum atomic E-state index is -1.00. The fourth-order valence-electron chi connectivity index (χ4n) is 6.51. The third-order valence-corrected chi connectivity index (χ3v) is 9.16. The molecule has 5 aromatic carbocycles. The number of ether oxygens (including phenoxy) is 4. The fourth-order valence-corrected chi connectivity index (χ4v) is 6.51. The van der Waals surface area contributed by atoms with E-state index in [1.165, 1.54) is 7.11 Å². The minimum absolute atomic E-state index is 0.0717. The highest BCUT2D eigenvalue weighted by Crippen LogP contribution is 2.45. The quantitative estimate of drug-likeness (QED) is 0.0243. The minimum Gasteiger partial charge on any atom is -0.490 e. The molecule has 0 fully saturated rings. The number of fused-ring (bicyclic) bond motifs is 2. The third kappa shape index (κ3) is 10.7. The molecule has 0 heterocycles. The number of carbonyl (C=O) groups excluding carboxylic acids is 3. The summed E-state index contributed by atoms with van der Waals surface area (Å²) in [7, 11) is 1.26. The molecule has 0 saturated carbocycles. The van der Waals surface area contributed by atoms with Gasteiger partial charge >= 0.3 is 5.97 Å². The van der Waals surface area contributed by atoms with Gasteiger partial charge in [-0.15, -0.1) is 0 Å². The van der Waals surface area contributed by atoms with Crippen molar-refractivity contribution in [1.29, 1.82) is 0 Å². The average Bonchev–Trinajstić information content (AvgIpc) is 3.21. The lowest BCUT2D eigenvalue weighted by atomic mass is 9.92. The zero-order valence-electron chi connectivity index (χ0n) is 31.6. The lowest BCUT2D eigenvalue weighted by Crippen LogP contribution is -2.46. The zero-order chi connectivity index (χ0) is 39.9. The van der Waals surface area contributed by atoms with E-state index < -0.39 is 23.8 Å². The van der Waals surface area contributed by atoms with E-state index in [2.05, 4.69) is 23.5 Å². The van der Waals surface area contributed by atoms with E-state index >= 15 is 0 Å². The van der Waals surface area contributed by atoms with Crippen molar-refractivity contribution in [1.82, 2.24) is 5.32 Å². The van der Waals surface area contributed by atoms with Crippen LogP contribution in [-0.4, -0.2) is 63.1 Å². The Bertz CT molecular complexity index is 2200. The molecule has 5 aromatic rings. The normalized spacial score (nSPS) is 11.9. The number of carbonyl (C=O) groups is 3. The zero-order valence-corrected chi connectivity index (χ0v) is 31.6. The Balaban J connectivity index is 1.39. The van der Waals surface area contributed by atoms with Gasteiger partial charge in [0.1, 0.15) is 43.1 Å². The standard InChI is InChI=1S/C45H48N4O7/c1-4-25-54-35-20-16-30(17-21-35)27-38(44(52)53-3)49-43(51)33(13-10-24-48-45(46)47)28-34(50)29-56-40-23-19-32-12-7-9-15-37(32)42(40)41-36-14-8-6-11-31(36)18-22-39(41)55-26-5-2/h4-9,11-12,14-23,33,38H,1-2,10,13,24-29H2,3H3,(H,49,51)(H4,46,47,48)/t33-,38-/m0/s1. The molecule has 0 aliphatic carbocycles. The maximum Gasteiger partial charge on any atom is 0.328 e. The van der Waals surface area contributed by atoms with Crippen LogP contribution in [0.1, 0.15) is 24.8 Å². The Morgan fingerprint density at radius 2 is 1.36 bits per heavy atom. The molecule has 0 radical (unpaired) electrons. The molecule has 11 nitrogen and oxygen atoms in total.